The molecule has 0 unspecified atom stereocenters. The summed E-state index contributed by atoms with van der Waals surface area (Å²) >= 11 is 6.06. The molecular weight excluding hydrogens is 264 g/mol. The molecule has 0 aliphatic carbocycles. The van der Waals surface area contributed by atoms with Gasteiger partial charge in [0, 0.05) is 24.6 Å². The second kappa shape index (κ2) is 7.28. The van der Waals surface area contributed by atoms with Gasteiger partial charge in [-0.05, 0) is 19.8 Å². The van der Waals surface area contributed by atoms with Crippen molar-refractivity contribution in [3.8, 4) is 0 Å². The van der Waals surface area contributed by atoms with Gasteiger partial charge in [0.1, 0.15) is 17.3 Å². The molecule has 1 aromatic heterocycles. The largest absolute Gasteiger partial charge is 0.369 e. The standard InChI is InChI=1S/C13H21ClN4O/c1-8(2)11-12(14)16-7-17-13(11)15-6-5-10(19)18-9(3)4/h7-9H,5-6H2,1-4H3,(H,18,19)(H,15,16,17). The van der Waals surface area contributed by atoms with Gasteiger partial charge in [-0.15, -0.1) is 0 Å². The second-order valence-electron chi connectivity index (χ2n) is 4.98. The minimum Gasteiger partial charge on any atom is -0.369 e. The highest BCUT2D eigenvalue weighted by Crippen LogP contribution is 2.27. The van der Waals surface area contributed by atoms with E-state index < -0.39 is 0 Å². The van der Waals surface area contributed by atoms with Gasteiger partial charge in [-0.1, -0.05) is 25.4 Å². The van der Waals surface area contributed by atoms with E-state index in [1.54, 1.807) is 0 Å². The molecule has 0 aromatic carbocycles. The molecule has 5 nitrogen and oxygen atoms in total. The summed E-state index contributed by atoms with van der Waals surface area (Å²) in [4.78, 5) is 19.7. The monoisotopic (exact) mass is 284 g/mol. The lowest BCUT2D eigenvalue weighted by Gasteiger charge is -2.14. The Kier molecular flexibility index (Phi) is 6.02. The molecule has 0 fully saturated rings. The van der Waals surface area contributed by atoms with E-state index in [0.29, 0.717) is 23.9 Å². The lowest BCUT2D eigenvalue weighted by atomic mass is 10.1. The molecule has 0 aliphatic rings. The van der Waals surface area contributed by atoms with Gasteiger partial charge in [-0.3, -0.25) is 4.79 Å². The molecule has 1 heterocycles. The normalized spacial score (nSPS) is 10.9. The van der Waals surface area contributed by atoms with Gasteiger partial charge >= 0.3 is 0 Å². The van der Waals surface area contributed by atoms with Crippen LogP contribution in [0.25, 0.3) is 0 Å². The first-order chi connectivity index (χ1) is 8.91. The van der Waals surface area contributed by atoms with Crippen LogP contribution in [0.2, 0.25) is 5.15 Å². The maximum Gasteiger partial charge on any atom is 0.221 e. The third-order valence-corrected chi connectivity index (χ3v) is 2.81. The molecule has 0 spiro atoms. The van der Waals surface area contributed by atoms with Crippen LogP contribution >= 0.6 is 11.6 Å². The number of nitrogens with one attached hydrogen (secondary N) is 2. The first-order valence-electron chi connectivity index (χ1n) is 6.45. The van der Waals surface area contributed by atoms with Gasteiger partial charge in [0.05, 0.1) is 0 Å². The van der Waals surface area contributed by atoms with Crippen molar-refractivity contribution in [2.75, 3.05) is 11.9 Å². The van der Waals surface area contributed by atoms with E-state index in [1.807, 2.05) is 27.7 Å². The van der Waals surface area contributed by atoms with Gasteiger partial charge in [0.25, 0.3) is 0 Å². The Morgan fingerprint density at radius 1 is 1.32 bits per heavy atom. The van der Waals surface area contributed by atoms with Crippen LogP contribution in [0.4, 0.5) is 5.82 Å². The predicted octanol–water partition coefficient (Wildman–Crippen LogP) is 2.58. The molecule has 0 radical (unpaired) electrons. The van der Waals surface area contributed by atoms with E-state index in [2.05, 4.69) is 20.6 Å². The van der Waals surface area contributed by atoms with Gasteiger partial charge in [-0.2, -0.15) is 0 Å². The first kappa shape index (κ1) is 15.7. The predicted molar refractivity (Wildman–Crippen MR) is 77.5 cm³/mol. The average molecular weight is 285 g/mol. The molecule has 0 bridgehead atoms. The summed E-state index contributed by atoms with van der Waals surface area (Å²) in [6.45, 7) is 8.45. The van der Waals surface area contributed by atoms with E-state index >= 15 is 0 Å². The Bertz CT molecular complexity index is 435. The van der Waals surface area contributed by atoms with Crippen molar-refractivity contribution >= 4 is 23.3 Å². The molecule has 0 saturated heterocycles. The second-order valence-corrected chi connectivity index (χ2v) is 5.34. The number of carbonyl (C=O) groups is 1. The highest BCUT2D eigenvalue weighted by molar-refractivity contribution is 6.30. The lowest BCUT2D eigenvalue weighted by Crippen LogP contribution is -2.31. The SMILES string of the molecule is CC(C)NC(=O)CCNc1ncnc(Cl)c1C(C)C. The number of anilines is 1. The highest BCUT2D eigenvalue weighted by Gasteiger charge is 2.13. The van der Waals surface area contributed by atoms with Gasteiger partial charge in [-0.25, -0.2) is 9.97 Å². The third-order valence-electron chi connectivity index (χ3n) is 2.51. The number of hydrogen-bond donors (Lipinski definition) is 2. The molecule has 0 aliphatic heterocycles. The summed E-state index contributed by atoms with van der Waals surface area (Å²) in [5, 5.41) is 6.44. The summed E-state index contributed by atoms with van der Waals surface area (Å²) in [6, 6.07) is 0.159. The Labute approximate surface area is 119 Å². The maximum atomic E-state index is 11.5. The smallest absolute Gasteiger partial charge is 0.221 e. The summed E-state index contributed by atoms with van der Waals surface area (Å²) in [5.74, 6) is 0.946. The van der Waals surface area contributed by atoms with Crippen molar-refractivity contribution in [1.29, 1.82) is 0 Å². The van der Waals surface area contributed by atoms with Gasteiger partial charge in [0.2, 0.25) is 5.91 Å². The lowest BCUT2D eigenvalue weighted by molar-refractivity contribution is -0.121. The molecule has 19 heavy (non-hydrogen) atoms. The number of nitrogens with zero attached hydrogens (tertiary/aromatic N) is 2. The zero-order valence-electron chi connectivity index (χ0n) is 11.8. The van der Waals surface area contributed by atoms with Crippen LogP contribution in [-0.2, 0) is 4.79 Å². The number of aromatic nitrogens is 2. The number of halogens is 1. The van der Waals surface area contributed by atoms with E-state index in [-0.39, 0.29) is 17.9 Å². The van der Waals surface area contributed by atoms with Crippen molar-refractivity contribution < 1.29 is 4.79 Å². The molecule has 1 rings (SSSR count). The fourth-order valence-electron chi connectivity index (χ4n) is 1.72. The number of amides is 1. The van der Waals surface area contributed by atoms with Gasteiger partial charge in [0.15, 0.2) is 0 Å². The van der Waals surface area contributed by atoms with Crippen molar-refractivity contribution in [2.24, 2.45) is 0 Å². The Balaban J connectivity index is 2.59. The summed E-state index contributed by atoms with van der Waals surface area (Å²) in [7, 11) is 0. The highest BCUT2D eigenvalue weighted by atomic mass is 35.5. The van der Waals surface area contributed by atoms with E-state index in [9.17, 15) is 4.79 Å². The van der Waals surface area contributed by atoms with Crippen LogP contribution in [-0.4, -0.2) is 28.5 Å². The first-order valence-corrected chi connectivity index (χ1v) is 6.83. The number of carbonyl (C=O) groups excluding carboxylic acids is 1. The molecule has 1 amide bonds. The van der Waals surface area contributed by atoms with E-state index in [4.69, 9.17) is 11.6 Å². The minimum absolute atomic E-state index is 0.0220. The zero-order valence-corrected chi connectivity index (χ0v) is 12.6. The Morgan fingerprint density at radius 2 is 2.00 bits per heavy atom. The van der Waals surface area contributed by atoms with Crippen molar-refractivity contribution in [3.63, 3.8) is 0 Å². The summed E-state index contributed by atoms with van der Waals surface area (Å²) in [5.41, 5.74) is 0.883. The van der Waals surface area contributed by atoms with Gasteiger partial charge < -0.3 is 10.6 Å². The van der Waals surface area contributed by atoms with Crippen LogP contribution in [0.3, 0.4) is 0 Å². The Hall–Kier alpha value is -1.36. The third kappa shape index (κ3) is 5.03. The molecule has 2 N–H and O–H groups in total. The van der Waals surface area contributed by atoms with Crippen LogP contribution in [0, 0.1) is 0 Å². The number of rotatable bonds is 6. The zero-order chi connectivity index (χ0) is 14.4. The quantitative estimate of drug-likeness (QED) is 0.788. The molecular formula is C13H21ClN4O. The maximum absolute atomic E-state index is 11.5. The Morgan fingerprint density at radius 3 is 2.58 bits per heavy atom. The fourth-order valence-corrected chi connectivity index (χ4v) is 2.07. The topological polar surface area (TPSA) is 66.9 Å². The van der Waals surface area contributed by atoms with Crippen LogP contribution < -0.4 is 10.6 Å². The average Bonchev–Trinajstić information content (AvgIpc) is 2.27. The molecule has 0 atom stereocenters. The summed E-state index contributed by atoms with van der Waals surface area (Å²) < 4.78 is 0. The van der Waals surface area contributed by atoms with Crippen molar-refractivity contribution in [3.05, 3.63) is 17.0 Å². The molecule has 0 saturated carbocycles. The van der Waals surface area contributed by atoms with Crippen molar-refractivity contribution in [1.82, 2.24) is 15.3 Å². The van der Waals surface area contributed by atoms with Crippen LogP contribution in [0.15, 0.2) is 6.33 Å². The molecule has 1 aromatic rings. The fraction of sp³-hybridized carbons (Fsp3) is 0.615. The van der Waals surface area contributed by atoms with E-state index in [1.165, 1.54) is 6.33 Å². The molecule has 6 heteroatoms. The van der Waals surface area contributed by atoms with Crippen LogP contribution in [0.1, 0.15) is 45.6 Å². The number of hydrogen-bond acceptors (Lipinski definition) is 4. The van der Waals surface area contributed by atoms with Crippen molar-refractivity contribution in [2.45, 2.75) is 46.1 Å². The minimum atomic E-state index is 0.0220. The van der Waals surface area contributed by atoms with E-state index in [0.717, 1.165) is 5.56 Å². The summed E-state index contributed by atoms with van der Waals surface area (Å²) in [6.07, 6.45) is 1.82. The van der Waals surface area contributed by atoms with Crippen LogP contribution in [0.5, 0.6) is 0 Å². The molecule has 106 valence electrons.